The van der Waals surface area contributed by atoms with Crippen LogP contribution < -0.4 is 14.9 Å². The minimum Gasteiger partial charge on any atom is -0.502 e. The van der Waals surface area contributed by atoms with Crippen LogP contribution in [0, 0.1) is 20.2 Å². The molecule has 0 bridgehead atoms. The first-order chi connectivity index (χ1) is 12.4. The molecule has 0 aromatic heterocycles. The number of rotatable bonds is 7. The molecule has 11 heteroatoms. The molecule has 0 fully saturated rings. The van der Waals surface area contributed by atoms with Gasteiger partial charge in [-0.05, 0) is 18.2 Å². The molecule has 2 aromatic carbocycles. The molecule has 0 aliphatic heterocycles. The third-order valence-electron chi connectivity index (χ3n) is 3.29. The maximum atomic E-state index is 11.1. The van der Waals surface area contributed by atoms with Crippen molar-refractivity contribution in [3.8, 4) is 17.2 Å². The number of aromatic hydroxyl groups is 1. The van der Waals surface area contributed by atoms with Crippen molar-refractivity contribution >= 4 is 23.3 Å². The number of nitro groups is 2. The number of nitro benzene ring substituents is 2. The summed E-state index contributed by atoms with van der Waals surface area (Å²) in [4.78, 5) is 20.3. The number of phenols is 1. The van der Waals surface area contributed by atoms with E-state index in [1.165, 1.54) is 38.6 Å². The second-order valence-electron chi connectivity index (χ2n) is 4.86. The van der Waals surface area contributed by atoms with Crippen LogP contribution in [-0.4, -0.2) is 35.4 Å². The van der Waals surface area contributed by atoms with Gasteiger partial charge in [0.2, 0.25) is 5.75 Å². The minimum atomic E-state index is -0.753. The van der Waals surface area contributed by atoms with Crippen LogP contribution in [-0.2, 0) is 0 Å². The van der Waals surface area contributed by atoms with Gasteiger partial charge in [0.1, 0.15) is 5.69 Å². The van der Waals surface area contributed by atoms with Gasteiger partial charge in [0, 0.05) is 11.6 Å². The Morgan fingerprint density at radius 1 is 1.08 bits per heavy atom. The molecule has 0 amide bonds. The second kappa shape index (κ2) is 7.79. The lowest BCUT2D eigenvalue weighted by Gasteiger charge is -2.09. The predicted octanol–water partition coefficient (Wildman–Crippen LogP) is 2.67. The summed E-state index contributed by atoms with van der Waals surface area (Å²) in [6.07, 6.45) is 1.32. The van der Waals surface area contributed by atoms with Crippen molar-refractivity contribution in [2.24, 2.45) is 5.10 Å². The zero-order valence-corrected chi connectivity index (χ0v) is 13.7. The van der Waals surface area contributed by atoms with Crippen molar-refractivity contribution in [1.29, 1.82) is 0 Å². The summed E-state index contributed by atoms with van der Waals surface area (Å²) in [6, 6.07) is 6.11. The molecule has 0 aliphatic carbocycles. The number of anilines is 1. The van der Waals surface area contributed by atoms with E-state index in [1.807, 2.05) is 0 Å². The molecule has 2 aromatic rings. The van der Waals surface area contributed by atoms with Crippen LogP contribution in [0.5, 0.6) is 17.2 Å². The summed E-state index contributed by atoms with van der Waals surface area (Å²) in [6.45, 7) is 0. The van der Waals surface area contributed by atoms with Crippen LogP contribution in [0.3, 0.4) is 0 Å². The third-order valence-corrected chi connectivity index (χ3v) is 3.29. The van der Waals surface area contributed by atoms with E-state index in [0.29, 0.717) is 5.56 Å². The fourth-order valence-electron chi connectivity index (χ4n) is 2.04. The molecule has 2 rings (SSSR count). The van der Waals surface area contributed by atoms with Gasteiger partial charge in [0.05, 0.1) is 36.3 Å². The van der Waals surface area contributed by atoms with Crippen LogP contribution in [0.4, 0.5) is 17.1 Å². The average Bonchev–Trinajstić information content (AvgIpc) is 2.62. The van der Waals surface area contributed by atoms with Gasteiger partial charge in [0.25, 0.3) is 5.69 Å². The van der Waals surface area contributed by atoms with Crippen LogP contribution >= 0.6 is 0 Å². The Labute approximate surface area is 146 Å². The van der Waals surface area contributed by atoms with Gasteiger partial charge in [-0.1, -0.05) is 0 Å². The zero-order valence-electron chi connectivity index (χ0n) is 13.7. The average molecular weight is 362 g/mol. The molecular weight excluding hydrogens is 348 g/mol. The summed E-state index contributed by atoms with van der Waals surface area (Å²) in [7, 11) is 2.74. The summed E-state index contributed by atoms with van der Waals surface area (Å²) in [5, 5.41) is 35.5. The maximum absolute atomic E-state index is 11.1. The topological polar surface area (TPSA) is 149 Å². The Kier molecular flexibility index (Phi) is 5.53. The van der Waals surface area contributed by atoms with Crippen LogP contribution in [0.25, 0.3) is 0 Å². The van der Waals surface area contributed by atoms with Gasteiger partial charge in [0.15, 0.2) is 11.5 Å². The van der Waals surface area contributed by atoms with E-state index in [-0.39, 0.29) is 22.9 Å². The quantitative estimate of drug-likeness (QED) is 0.433. The molecule has 0 atom stereocenters. The van der Waals surface area contributed by atoms with E-state index in [0.717, 1.165) is 12.1 Å². The van der Waals surface area contributed by atoms with Crippen molar-refractivity contribution in [2.75, 3.05) is 19.6 Å². The third kappa shape index (κ3) is 3.95. The summed E-state index contributed by atoms with van der Waals surface area (Å²) in [5.74, 6) is 0.144. The molecular formula is C15H14N4O7. The lowest BCUT2D eigenvalue weighted by Crippen LogP contribution is -1.99. The van der Waals surface area contributed by atoms with E-state index in [9.17, 15) is 25.3 Å². The fourth-order valence-corrected chi connectivity index (χ4v) is 2.04. The first kappa shape index (κ1) is 18.4. The standard InChI is InChI=1S/C15H14N4O7/c1-25-13-5-9(6-14(26-2)15(13)20)8-16-17-11-4-3-10(18(21)22)7-12(11)19(23)24/h3-8,17,20H,1-2H3/b16-8-. The molecule has 0 heterocycles. The van der Waals surface area contributed by atoms with Gasteiger partial charge in [-0.15, -0.1) is 0 Å². The highest BCUT2D eigenvalue weighted by atomic mass is 16.6. The van der Waals surface area contributed by atoms with Crippen molar-refractivity contribution in [3.05, 3.63) is 56.1 Å². The van der Waals surface area contributed by atoms with E-state index in [2.05, 4.69) is 10.5 Å². The van der Waals surface area contributed by atoms with Crippen LogP contribution in [0.2, 0.25) is 0 Å². The lowest BCUT2D eigenvalue weighted by atomic mass is 10.2. The zero-order chi connectivity index (χ0) is 19.3. The Balaban J connectivity index is 2.28. The SMILES string of the molecule is COc1cc(/C=N\Nc2ccc([N+](=O)[O-])cc2[N+](=O)[O-])cc(OC)c1O. The molecule has 2 N–H and O–H groups in total. The molecule has 26 heavy (non-hydrogen) atoms. The maximum Gasteiger partial charge on any atom is 0.301 e. The summed E-state index contributed by atoms with van der Waals surface area (Å²) in [5.41, 5.74) is 2.03. The number of nitrogens with zero attached hydrogens (tertiary/aromatic N) is 3. The lowest BCUT2D eigenvalue weighted by molar-refractivity contribution is -0.393. The number of non-ortho nitro benzene ring substituents is 1. The van der Waals surface area contributed by atoms with Gasteiger partial charge >= 0.3 is 5.69 Å². The second-order valence-corrected chi connectivity index (χ2v) is 4.86. The number of methoxy groups -OCH3 is 2. The number of benzene rings is 2. The highest BCUT2D eigenvalue weighted by Gasteiger charge is 2.19. The van der Waals surface area contributed by atoms with E-state index >= 15 is 0 Å². The van der Waals surface area contributed by atoms with Gasteiger partial charge in [-0.2, -0.15) is 5.10 Å². The first-order valence-corrected chi connectivity index (χ1v) is 7.04. The normalized spacial score (nSPS) is 10.5. The van der Waals surface area contributed by atoms with E-state index in [1.54, 1.807) is 0 Å². The Hall–Kier alpha value is -3.89. The van der Waals surface area contributed by atoms with Crippen LogP contribution in [0.15, 0.2) is 35.4 Å². The highest BCUT2D eigenvalue weighted by Crippen LogP contribution is 2.36. The molecule has 0 radical (unpaired) electrons. The molecule has 0 aliphatic rings. The number of ether oxygens (including phenoxy) is 2. The molecule has 0 saturated carbocycles. The Morgan fingerprint density at radius 2 is 1.69 bits per heavy atom. The van der Waals surface area contributed by atoms with Gasteiger partial charge in [-0.3, -0.25) is 25.7 Å². The number of hydrogen-bond acceptors (Lipinski definition) is 9. The smallest absolute Gasteiger partial charge is 0.301 e. The summed E-state index contributed by atoms with van der Waals surface area (Å²) < 4.78 is 10.0. The van der Waals surface area contributed by atoms with Gasteiger partial charge < -0.3 is 14.6 Å². The largest absolute Gasteiger partial charge is 0.502 e. The van der Waals surface area contributed by atoms with E-state index in [4.69, 9.17) is 9.47 Å². The predicted molar refractivity (Wildman–Crippen MR) is 92.2 cm³/mol. The Bertz CT molecular complexity index is 857. The number of hydrogen-bond donors (Lipinski definition) is 2. The fraction of sp³-hybridized carbons (Fsp3) is 0.133. The van der Waals surface area contributed by atoms with Gasteiger partial charge in [-0.25, -0.2) is 0 Å². The molecule has 0 spiro atoms. The molecule has 11 nitrogen and oxygen atoms in total. The summed E-state index contributed by atoms with van der Waals surface area (Å²) >= 11 is 0. The van der Waals surface area contributed by atoms with Crippen LogP contribution in [0.1, 0.15) is 5.56 Å². The minimum absolute atomic E-state index is 0.0189. The van der Waals surface area contributed by atoms with E-state index < -0.39 is 21.2 Å². The van der Waals surface area contributed by atoms with Crippen molar-refractivity contribution < 1.29 is 24.4 Å². The van der Waals surface area contributed by atoms with Crippen molar-refractivity contribution in [2.45, 2.75) is 0 Å². The monoisotopic (exact) mass is 362 g/mol. The number of hydrazone groups is 1. The van der Waals surface area contributed by atoms with Crippen molar-refractivity contribution in [3.63, 3.8) is 0 Å². The number of nitrogens with one attached hydrogen (secondary N) is 1. The Morgan fingerprint density at radius 3 is 2.19 bits per heavy atom. The highest BCUT2D eigenvalue weighted by molar-refractivity contribution is 5.83. The number of phenolic OH excluding ortho intramolecular Hbond substituents is 1. The molecule has 0 unspecified atom stereocenters. The molecule has 0 saturated heterocycles. The molecule has 136 valence electrons. The van der Waals surface area contributed by atoms with Crippen molar-refractivity contribution in [1.82, 2.24) is 0 Å². The first-order valence-electron chi connectivity index (χ1n) is 7.04.